The number of amides is 1. The first-order chi connectivity index (χ1) is 7.67. The zero-order chi connectivity index (χ0) is 12.0. The molecule has 3 unspecified atom stereocenters. The van der Waals surface area contributed by atoms with E-state index < -0.39 is 0 Å². The maximum atomic E-state index is 10.7. The number of hydrogen-bond acceptors (Lipinski definition) is 3. The fourth-order valence-corrected chi connectivity index (χ4v) is 2.42. The van der Waals surface area contributed by atoms with E-state index in [0.717, 1.165) is 32.2 Å². The molecule has 1 N–H and O–H groups in total. The van der Waals surface area contributed by atoms with Crippen molar-refractivity contribution in [2.45, 2.75) is 44.8 Å². The van der Waals surface area contributed by atoms with Crippen LogP contribution in [0, 0.1) is 5.92 Å². The molecule has 0 saturated heterocycles. The van der Waals surface area contributed by atoms with Crippen LogP contribution in [0.1, 0.15) is 32.6 Å². The van der Waals surface area contributed by atoms with Gasteiger partial charge in [-0.2, -0.15) is 0 Å². The number of methoxy groups -OCH3 is 2. The summed E-state index contributed by atoms with van der Waals surface area (Å²) in [5.41, 5.74) is 0. The SMILES string of the molecule is COC1CCC(CCNC(C)=O)CC1OC. The molecule has 1 amide bonds. The minimum absolute atomic E-state index is 0.0499. The number of ether oxygens (including phenoxy) is 2. The fraction of sp³-hybridized carbons (Fsp3) is 0.917. The zero-order valence-electron chi connectivity index (χ0n) is 10.5. The van der Waals surface area contributed by atoms with Gasteiger partial charge in [0, 0.05) is 27.7 Å². The van der Waals surface area contributed by atoms with E-state index in [9.17, 15) is 4.79 Å². The lowest BCUT2D eigenvalue weighted by Gasteiger charge is -2.34. The van der Waals surface area contributed by atoms with Crippen molar-refractivity contribution in [1.29, 1.82) is 0 Å². The molecule has 4 heteroatoms. The van der Waals surface area contributed by atoms with Crippen LogP contribution in [0.5, 0.6) is 0 Å². The van der Waals surface area contributed by atoms with Crippen molar-refractivity contribution in [1.82, 2.24) is 5.32 Å². The second kappa shape index (κ2) is 6.86. The van der Waals surface area contributed by atoms with Crippen molar-refractivity contribution in [2.75, 3.05) is 20.8 Å². The molecule has 0 aliphatic heterocycles. The highest BCUT2D eigenvalue weighted by atomic mass is 16.5. The molecule has 0 bridgehead atoms. The predicted molar refractivity (Wildman–Crippen MR) is 62.2 cm³/mol. The second-order valence-corrected chi connectivity index (χ2v) is 4.50. The van der Waals surface area contributed by atoms with Gasteiger partial charge in [0.05, 0.1) is 12.2 Å². The van der Waals surface area contributed by atoms with Crippen LogP contribution in [0.3, 0.4) is 0 Å². The molecule has 1 aliphatic carbocycles. The molecule has 1 rings (SSSR count). The van der Waals surface area contributed by atoms with Gasteiger partial charge in [0.2, 0.25) is 5.91 Å². The molecule has 0 spiro atoms. The molecule has 0 aromatic heterocycles. The minimum Gasteiger partial charge on any atom is -0.379 e. The van der Waals surface area contributed by atoms with E-state index in [0.29, 0.717) is 5.92 Å². The first kappa shape index (κ1) is 13.5. The van der Waals surface area contributed by atoms with Gasteiger partial charge in [-0.25, -0.2) is 0 Å². The van der Waals surface area contributed by atoms with E-state index in [-0.39, 0.29) is 18.1 Å². The highest BCUT2D eigenvalue weighted by Gasteiger charge is 2.30. The summed E-state index contributed by atoms with van der Waals surface area (Å²) in [7, 11) is 3.49. The molecule has 94 valence electrons. The molecule has 0 heterocycles. The summed E-state index contributed by atoms with van der Waals surface area (Å²) in [6.45, 7) is 2.33. The maximum Gasteiger partial charge on any atom is 0.216 e. The molecule has 1 fully saturated rings. The molecule has 1 aliphatic rings. The molecule has 0 radical (unpaired) electrons. The van der Waals surface area contributed by atoms with Gasteiger partial charge in [0.15, 0.2) is 0 Å². The summed E-state index contributed by atoms with van der Waals surface area (Å²) in [6.07, 6.45) is 4.74. The third kappa shape index (κ3) is 4.10. The van der Waals surface area contributed by atoms with Crippen molar-refractivity contribution in [2.24, 2.45) is 5.92 Å². The molecule has 4 nitrogen and oxygen atoms in total. The Morgan fingerprint density at radius 3 is 2.50 bits per heavy atom. The Bertz CT molecular complexity index is 220. The van der Waals surface area contributed by atoms with Crippen molar-refractivity contribution < 1.29 is 14.3 Å². The Hall–Kier alpha value is -0.610. The van der Waals surface area contributed by atoms with Gasteiger partial charge in [0.25, 0.3) is 0 Å². The average molecular weight is 229 g/mol. The minimum atomic E-state index is 0.0499. The normalized spacial score (nSPS) is 30.1. The van der Waals surface area contributed by atoms with Crippen molar-refractivity contribution >= 4 is 5.91 Å². The Labute approximate surface area is 97.7 Å². The number of hydrogen-bond donors (Lipinski definition) is 1. The Morgan fingerprint density at radius 1 is 1.25 bits per heavy atom. The van der Waals surface area contributed by atoms with Crippen LogP contribution in [-0.4, -0.2) is 38.9 Å². The van der Waals surface area contributed by atoms with Crippen LogP contribution in [0.2, 0.25) is 0 Å². The third-order valence-corrected chi connectivity index (χ3v) is 3.37. The quantitative estimate of drug-likeness (QED) is 0.774. The van der Waals surface area contributed by atoms with Crippen molar-refractivity contribution in [3.8, 4) is 0 Å². The smallest absolute Gasteiger partial charge is 0.216 e. The number of carbonyl (C=O) groups excluding carboxylic acids is 1. The lowest BCUT2D eigenvalue weighted by molar-refractivity contribution is -0.119. The molecular weight excluding hydrogens is 206 g/mol. The number of nitrogens with one attached hydrogen (secondary N) is 1. The zero-order valence-corrected chi connectivity index (χ0v) is 10.5. The van der Waals surface area contributed by atoms with E-state index in [1.165, 1.54) is 0 Å². The first-order valence-corrected chi connectivity index (χ1v) is 5.97. The van der Waals surface area contributed by atoms with Gasteiger partial charge < -0.3 is 14.8 Å². The average Bonchev–Trinajstić information content (AvgIpc) is 2.28. The van der Waals surface area contributed by atoms with Crippen molar-refractivity contribution in [3.05, 3.63) is 0 Å². The predicted octanol–water partition coefficient (Wildman–Crippen LogP) is 1.34. The van der Waals surface area contributed by atoms with Crippen molar-refractivity contribution in [3.63, 3.8) is 0 Å². The summed E-state index contributed by atoms with van der Waals surface area (Å²) < 4.78 is 10.8. The summed E-state index contributed by atoms with van der Waals surface area (Å²) in [5.74, 6) is 0.692. The highest BCUT2D eigenvalue weighted by molar-refractivity contribution is 5.72. The summed E-state index contributed by atoms with van der Waals surface area (Å²) in [5, 5.41) is 2.84. The number of rotatable bonds is 5. The second-order valence-electron chi connectivity index (χ2n) is 4.50. The van der Waals surface area contributed by atoms with Crippen LogP contribution >= 0.6 is 0 Å². The van der Waals surface area contributed by atoms with E-state index in [4.69, 9.17) is 9.47 Å². The first-order valence-electron chi connectivity index (χ1n) is 5.97. The molecule has 16 heavy (non-hydrogen) atoms. The van der Waals surface area contributed by atoms with Crippen LogP contribution in [-0.2, 0) is 14.3 Å². The summed E-state index contributed by atoms with van der Waals surface area (Å²) in [6, 6.07) is 0. The Kier molecular flexibility index (Phi) is 5.77. The Morgan fingerprint density at radius 2 is 1.94 bits per heavy atom. The molecule has 0 aromatic carbocycles. The van der Waals surface area contributed by atoms with Crippen LogP contribution in [0.4, 0.5) is 0 Å². The van der Waals surface area contributed by atoms with Gasteiger partial charge in [0.1, 0.15) is 0 Å². The Balaban J connectivity index is 2.27. The van der Waals surface area contributed by atoms with Crippen LogP contribution < -0.4 is 5.32 Å². The van der Waals surface area contributed by atoms with Gasteiger partial charge in [-0.1, -0.05) is 0 Å². The summed E-state index contributed by atoms with van der Waals surface area (Å²) in [4.78, 5) is 10.7. The topological polar surface area (TPSA) is 47.6 Å². The largest absolute Gasteiger partial charge is 0.379 e. The summed E-state index contributed by atoms with van der Waals surface area (Å²) >= 11 is 0. The lowest BCUT2D eigenvalue weighted by atomic mass is 9.83. The van der Waals surface area contributed by atoms with Crippen LogP contribution in [0.25, 0.3) is 0 Å². The monoisotopic (exact) mass is 229 g/mol. The highest BCUT2D eigenvalue weighted by Crippen LogP contribution is 2.29. The van der Waals surface area contributed by atoms with E-state index in [1.54, 1.807) is 21.1 Å². The van der Waals surface area contributed by atoms with Gasteiger partial charge >= 0.3 is 0 Å². The molecular formula is C12H23NO3. The standard InChI is InChI=1S/C12H23NO3/c1-9(14)13-7-6-10-4-5-11(15-2)12(8-10)16-3/h10-12H,4-8H2,1-3H3,(H,13,14). The maximum absolute atomic E-state index is 10.7. The lowest BCUT2D eigenvalue weighted by Crippen LogP contribution is -2.37. The van der Waals surface area contributed by atoms with Crippen LogP contribution in [0.15, 0.2) is 0 Å². The fourth-order valence-electron chi connectivity index (χ4n) is 2.42. The van der Waals surface area contributed by atoms with E-state index in [1.807, 2.05) is 0 Å². The van der Waals surface area contributed by atoms with Gasteiger partial charge in [-0.3, -0.25) is 4.79 Å². The van der Waals surface area contributed by atoms with Gasteiger partial charge in [-0.05, 0) is 31.6 Å². The molecule has 3 atom stereocenters. The van der Waals surface area contributed by atoms with E-state index >= 15 is 0 Å². The number of carbonyl (C=O) groups is 1. The molecule has 0 aromatic rings. The van der Waals surface area contributed by atoms with E-state index in [2.05, 4.69) is 5.32 Å². The van der Waals surface area contributed by atoms with Gasteiger partial charge in [-0.15, -0.1) is 0 Å². The molecule has 1 saturated carbocycles. The third-order valence-electron chi connectivity index (χ3n) is 3.37.